The van der Waals surface area contributed by atoms with Crippen molar-refractivity contribution in [3.05, 3.63) is 11.8 Å². The lowest BCUT2D eigenvalue weighted by atomic mass is 10.2. The lowest BCUT2D eigenvalue weighted by Crippen LogP contribution is -1.95. The van der Waals surface area contributed by atoms with E-state index in [1.165, 1.54) is 25.1 Å². The van der Waals surface area contributed by atoms with Gasteiger partial charge in [0.1, 0.15) is 0 Å². The molecule has 1 aliphatic carbocycles. The molecule has 0 aromatic rings. The molecule has 1 heterocycles. The fourth-order valence-corrected chi connectivity index (χ4v) is 2.22. The molecule has 1 nitrogen and oxygen atoms in total. The van der Waals surface area contributed by atoms with Gasteiger partial charge in [-0.1, -0.05) is 6.08 Å². The maximum atomic E-state index is 2.92. The molecule has 3 unspecified atom stereocenters. The summed E-state index contributed by atoms with van der Waals surface area (Å²) in [5.74, 6) is 0.972. The van der Waals surface area contributed by atoms with E-state index < -0.39 is 0 Å². The molecule has 0 bridgehead atoms. The normalized spacial score (nSPS) is 40.1. The predicted molar refractivity (Wildman–Crippen MR) is 56.1 cm³/mol. The van der Waals surface area contributed by atoms with E-state index in [2.05, 4.69) is 34.1 Å². The molecule has 1 saturated heterocycles. The Morgan fingerprint density at radius 3 is 2.67 bits per heavy atom. The monoisotopic (exact) mass is 183 g/mol. The van der Waals surface area contributed by atoms with Crippen molar-refractivity contribution in [2.75, 3.05) is 6.54 Å². The molecule has 1 aliphatic heterocycles. The molecular formula is C10H18NP. The zero-order valence-corrected chi connectivity index (χ0v) is 9.11. The first-order valence-electron chi connectivity index (χ1n) is 4.87. The van der Waals surface area contributed by atoms with Crippen molar-refractivity contribution in [3.63, 3.8) is 0 Å². The molecule has 0 aromatic heterocycles. The molecule has 4 atom stereocenters. The molecule has 0 radical (unpaired) electrons. The van der Waals surface area contributed by atoms with E-state index in [1.54, 1.807) is 0 Å². The first kappa shape index (κ1) is 8.56. The fourth-order valence-electron chi connectivity index (χ4n) is 1.71. The van der Waals surface area contributed by atoms with Gasteiger partial charge in [0.25, 0.3) is 0 Å². The lowest BCUT2D eigenvalue weighted by molar-refractivity contribution is 0.632. The Morgan fingerprint density at radius 2 is 2.25 bits per heavy atom. The van der Waals surface area contributed by atoms with Gasteiger partial charge in [-0.25, -0.2) is 0 Å². The minimum Gasteiger partial charge on any atom is -0.369 e. The van der Waals surface area contributed by atoms with E-state index >= 15 is 0 Å². The van der Waals surface area contributed by atoms with Crippen molar-refractivity contribution < 1.29 is 0 Å². The average molecular weight is 183 g/mol. The van der Waals surface area contributed by atoms with Gasteiger partial charge in [0, 0.05) is 18.3 Å². The average Bonchev–Trinajstić information content (AvgIpc) is 2.87. The zero-order chi connectivity index (χ0) is 8.72. The van der Waals surface area contributed by atoms with Crippen molar-refractivity contribution in [1.29, 1.82) is 0 Å². The SMILES string of the molecule is C/C(=C\CC1C[C@@H]1P)N1CC1C. The maximum absolute atomic E-state index is 2.92. The summed E-state index contributed by atoms with van der Waals surface area (Å²) >= 11 is 0. The molecule has 68 valence electrons. The van der Waals surface area contributed by atoms with E-state index in [0.29, 0.717) is 0 Å². The second-order valence-electron chi connectivity index (χ2n) is 4.24. The van der Waals surface area contributed by atoms with Gasteiger partial charge in [0.2, 0.25) is 0 Å². The summed E-state index contributed by atoms with van der Waals surface area (Å²) < 4.78 is 0. The third-order valence-corrected chi connectivity index (χ3v) is 3.82. The van der Waals surface area contributed by atoms with Crippen molar-refractivity contribution in [1.82, 2.24) is 4.90 Å². The third kappa shape index (κ3) is 1.82. The van der Waals surface area contributed by atoms with Crippen LogP contribution in [0.1, 0.15) is 26.7 Å². The first-order chi connectivity index (χ1) is 5.68. The van der Waals surface area contributed by atoms with Gasteiger partial charge in [-0.2, -0.15) is 0 Å². The van der Waals surface area contributed by atoms with Crippen LogP contribution in [-0.4, -0.2) is 23.1 Å². The Labute approximate surface area is 77.4 Å². The summed E-state index contributed by atoms with van der Waals surface area (Å²) in [5, 5.41) is 0. The first-order valence-corrected chi connectivity index (χ1v) is 5.54. The van der Waals surface area contributed by atoms with Gasteiger partial charge in [-0.3, -0.25) is 0 Å². The quantitative estimate of drug-likeness (QED) is 0.479. The molecule has 2 fully saturated rings. The lowest BCUT2D eigenvalue weighted by Gasteiger charge is -2.02. The van der Waals surface area contributed by atoms with E-state index in [1.807, 2.05) is 0 Å². The highest BCUT2D eigenvalue weighted by Gasteiger charge is 2.33. The summed E-state index contributed by atoms with van der Waals surface area (Å²) in [4.78, 5) is 2.46. The molecule has 0 amide bonds. The molecule has 1 saturated carbocycles. The highest BCUT2D eigenvalue weighted by molar-refractivity contribution is 7.18. The van der Waals surface area contributed by atoms with E-state index in [-0.39, 0.29) is 0 Å². The second kappa shape index (κ2) is 3.03. The van der Waals surface area contributed by atoms with Crippen LogP contribution in [0.2, 0.25) is 0 Å². The van der Waals surface area contributed by atoms with Crippen LogP contribution in [0.15, 0.2) is 11.8 Å². The highest BCUT2D eigenvalue weighted by Crippen LogP contribution is 2.41. The van der Waals surface area contributed by atoms with E-state index in [9.17, 15) is 0 Å². The molecular weight excluding hydrogens is 165 g/mol. The van der Waals surface area contributed by atoms with Gasteiger partial charge in [-0.05, 0) is 38.3 Å². The minimum absolute atomic E-state index is 0.812. The van der Waals surface area contributed by atoms with Crippen LogP contribution >= 0.6 is 9.24 Å². The number of rotatable bonds is 3. The van der Waals surface area contributed by atoms with Gasteiger partial charge in [0.05, 0.1) is 0 Å². The van der Waals surface area contributed by atoms with E-state index in [4.69, 9.17) is 0 Å². The number of hydrogen-bond acceptors (Lipinski definition) is 1. The van der Waals surface area contributed by atoms with Gasteiger partial charge in [-0.15, -0.1) is 9.24 Å². The summed E-state index contributed by atoms with van der Waals surface area (Å²) in [6.07, 6.45) is 5.13. The summed E-state index contributed by atoms with van der Waals surface area (Å²) in [7, 11) is 2.92. The van der Waals surface area contributed by atoms with Crippen LogP contribution in [-0.2, 0) is 0 Å². The molecule has 2 heteroatoms. The Hall–Kier alpha value is -0.0300. The van der Waals surface area contributed by atoms with Crippen molar-refractivity contribution in [3.8, 4) is 0 Å². The summed E-state index contributed by atoms with van der Waals surface area (Å²) in [6, 6.07) is 0.812. The smallest absolute Gasteiger partial charge is 0.0434 e. The largest absolute Gasteiger partial charge is 0.369 e. The fraction of sp³-hybridized carbons (Fsp3) is 0.800. The Bertz CT molecular complexity index is 212. The molecule has 0 aromatic carbocycles. The van der Waals surface area contributed by atoms with Gasteiger partial charge < -0.3 is 4.90 Å². The molecule has 2 aliphatic rings. The van der Waals surface area contributed by atoms with Crippen LogP contribution in [0.25, 0.3) is 0 Å². The molecule has 2 rings (SSSR count). The number of nitrogens with zero attached hydrogens (tertiary/aromatic N) is 1. The second-order valence-corrected chi connectivity index (χ2v) is 5.10. The standard InChI is InChI=1S/C10H18NP/c1-7(11-6-8(11)2)3-4-9-5-10(9)12/h3,8-10H,4-6,12H2,1-2H3/b7-3+/t8?,9?,10-,11?/m0/s1. The van der Waals surface area contributed by atoms with Crippen LogP contribution in [0.5, 0.6) is 0 Å². The van der Waals surface area contributed by atoms with E-state index in [0.717, 1.165) is 17.6 Å². The van der Waals surface area contributed by atoms with Crippen molar-refractivity contribution in [2.45, 2.75) is 38.4 Å². The maximum Gasteiger partial charge on any atom is 0.0434 e. The molecule has 12 heavy (non-hydrogen) atoms. The van der Waals surface area contributed by atoms with Gasteiger partial charge in [0.15, 0.2) is 0 Å². The number of allylic oxidation sites excluding steroid dienone is 2. The zero-order valence-electron chi connectivity index (χ0n) is 7.96. The predicted octanol–water partition coefficient (Wildman–Crippen LogP) is 2.25. The highest BCUT2D eigenvalue weighted by atomic mass is 31.0. The van der Waals surface area contributed by atoms with Crippen molar-refractivity contribution in [2.24, 2.45) is 5.92 Å². The van der Waals surface area contributed by atoms with Crippen LogP contribution < -0.4 is 0 Å². The Morgan fingerprint density at radius 1 is 1.67 bits per heavy atom. The molecule has 0 spiro atoms. The summed E-state index contributed by atoms with van der Waals surface area (Å²) in [6.45, 7) is 5.80. The van der Waals surface area contributed by atoms with Crippen molar-refractivity contribution >= 4 is 9.24 Å². The molecule has 0 N–H and O–H groups in total. The number of hydrogen-bond donors (Lipinski definition) is 0. The topological polar surface area (TPSA) is 3.01 Å². The minimum atomic E-state index is 0.812. The van der Waals surface area contributed by atoms with Crippen LogP contribution in [0, 0.1) is 5.92 Å². The summed E-state index contributed by atoms with van der Waals surface area (Å²) in [5.41, 5.74) is 2.41. The van der Waals surface area contributed by atoms with Crippen LogP contribution in [0.4, 0.5) is 0 Å². The Balaban J connectivity index is 1.75. The van der Waals surface area contributed by atoms with Gasteiger partial charge >= 0.3 is 0 Å². The third-order valence-electron chi connectivity index (χ3n) is 3.01. The van der Waals surface area contributed by atoms with Crippen LogP contribution in [0.3, 0.4) is 0 Å². The Kier molecular flexibility index (Phi) is 2.16.